The second kappa shape index (κ2) is 8.91. The van der Waals surface area contributed by atoms with Crippen LogP contribution in [-0.4, -0.2) is 30.4 Å². The van der Waals surface area contributed by atoms with Crippen LogP contribution >= 0.6 is 0 Å². The third-order valence-electron chi connectivity index (χ3n) is 5.11. The number of benzene rings is 2. The first-order valence-corrected chi connectivity index (χ1v) is 10.1. The van der Waals surface area contributed by atoms with Gasteiger partial charge in [0, 0.05) is 20.2 Å². The monoisotopic (exact) mass is 431 g/mol. The number of aliphatic hydroxyl groups excluding tert-OH is 1. The van der Waals surface area contributed by atoms with E-state index in [0.717, 1.165) is 10.1 Å². The lowest BCUT2D eigenvalue weighted by Gasteiger charge is -2.11. The van der Waals surface area contributed by atoms with Gasteiger partial charge in [0.2, 0.25) is 0 Å². The third-order valence-corrected chi connectivity index (χ3v) is 5.11. The number of hydrogen-bond acceptors (Lipinski definition) is 6. The van der Waals surface area contributed by atoms with Gasteiger partial charge in [0.15, 0.2) is 11.2 Å². The van der Waals surface area contributed by atoms with E-state index in [2.05, 4.69) is 11.1 Å². The lowest BCUT2D eigenvalue weighted by Crippen LogP contribution is -2.39. The largest absolute Gasteiger partial charge is 0.425 e. The van der Waals surface area contributed by atoms with E-state index in [4.69, 9.17) is 15.1 Å². The minimum absolute atomic E-state index is 0.0975. The Morgan fingerprint density at radius 2 is 1.78 bits per heavy atom. The molecule has 2 heterocycles. The molecule has 0 atom stereocenters. The molecule has 0 radical (unpaired) electrons. The summed E-state index contributed by atoms with van der Waals surface area (Å²) in [6.07, 6.45) is 0.280. The van der Waals surface area contributed by atoms with Crippen molar-refractivity contribution in [1.29, 1.82) is 5.26 Å². The zero-order valence-electron chi connectivity index (χ0n) is 17.4. The maximum atomic E-state index is 13.3. The lowest BCUT2D eigenvalue weighted by molar-refractivity contribution is 0.277. The minimum atomic E-state index is -0.509. The van der Waals surface area contributed by atoms with Crippen molar-refractivity contribution in [2.24, 2.45) is 7.05 Å². The second-order valence-corrected chi connectivity index (χ2v) is 7.25. The zero-order chi connectivity index (χ0) is 22.7. The van der Waals surface area contributed by atoms with Crippen LogP contribution in [0.1, 0.15) is 17.5 Å². The van der Waals surface area contributed by atoms with Crippen LogP contribution in [0.15, 0.2) is 64.2 Å². The molecule has 9 nitrogen and oxygen atoms in total. The number of hydrogen-bond donors (Lipinski definition) is 1. The Labute approximate surface area is 183 Å². The molecule has 0 bridgehead atoms. The van der Waals surface area contributed by atoms with Crippen LogP contribution in [0.4, 0.5) is 0 Å². The van der Waals surface area contributed by atoms with Gasteiger partial charge in [0.1, 0.15) is 5.75 Å². The van der Waals surface area contributed by atoms with Gasteiger partial charge >= 0.3 is 11.7 Å². The summed E-state index contributed by atoms with van der Waals surface area (Å²) in [5.74, 6) is 0.444. The summed E-state index contributed by atoms with van der Waals surface area (Å²) in [4.78, 5) is 30.5. The van der Waals surface area contributed by atoms with Gasteiger partial charge in [-0.15, -0.1) is 0 Å². The van der Waals surface area contributed by atoms with Crippen molar-refractivity contribution in [2.75, 3.05) is 6.61 Å². The first-order valence-electron chi connectivity index (χ1n) is 10.1. The van der Waals surface area contributed by atoms with Gasteiger partial charge in [-0.05, 0) is 36.2 Å². The second-order valence-electron chi connectivity index (χ2n) is 7.25. The van der Waals surface area contributed by atoms with Gasteiger partial charge in [0.05, 0.1) is 18.2 Å². The predicted molar refractivity (Wildman–Crippen MR) is 118 cm³/mol. The van der Waals surface area contributed by atoms with Gasteiger partial charge in [0.25, 0.3) is 5.56 Å². The molecule has 0 saturated carbocycles. The smallest absolute Gasteiger partial charge is 0.332 e. The molecule has 0 amide bonds. The highest BCUT2D eigenvalue weighted by Gasteiger charge is 2.22. The number of fused-ring (bicyclic) bond motifs is 1. The molecule has 0 saturated heterocycles. The van der Waals surface area contributed by atoms with E-state index in [1.54, 1.807) is 35.9 Å². The molecule has 2 aromatic carbocycles. The number of ether oxygens (including phenoxy) is 1. The van der Waals surface area contributed by atoms with E-state index >= 15 is 0 Å². The van der Waals surface area contributed by atoms with Crippen molar-refractivity contribution in [3.8, 4) is 17.8 Å². The quantitative estimate of drug-likeness (QED) is 0.479. The topological polar surface area (TPSA) is 115 Å². The van der Waals surface area contributed by atoms with E-state index in [-0.39, 0.29) is 36.7 Å². The number of aryl methyl sites for hydroxylation is 1. The highest BCUT2D eigenvalue weighted by molar-refractivity contribution is 5.72. The molecule has 162 valence electrons. The Balaban J connectivity index is 1.91. The molecule has 0 fully saturated rings. The minimum Gasteiger partial charge on any atom is -0.425 e. The number of aromatic nitrogens is 4. The number of imidazole rings is 1. The molecule has 4 aromatic rings. The Hall–Kier alpha value is -4.16. The fourth-order valence-electron chi connectivity index (χ4n) is 3.47. The fraction of sp³-hybridized carbons (Fsp3) is 0.217. The first-order chi connectivity index (χ1) is 15.5. The van der Waals surface area contributed by atoms with Crippen molar-refractivity contribution in [3.05, 3.63) is 86.6 Å². The highest BCUT2D eigenvalue weighted by atomic mass is 16.5. The maximum Gasteiger partial charge on any atom is 0.332 e. The van der Waals surface area contributed by atoms with Crippen LogP contribution in [0.2, 0.25) is 0 Å². The van der Waals surface area contributed by atoms with Gasteiger partial charge in [-0.2, -0.15) is 10.2 Å². The standard InChI is InChI=1S/C23H21N5O4/c1-26-20-19(21(30)27(23(26)31)12-5-13-29)28(15-17-6-3-2-4-7-17)22(25-20)32-18-10-8-16(14-24)9-11-18/h2-4,6-11,29H,5,12-13,15H2,1H3. The SMILES string of the molecule is Cn1c(=O)n(CCCO)c(=O)c2c1nc(Oc1ccc(C#N)cc1)n2Cc1ccccc1. The summed E-state index contributed by atoms with van der Waals surface area (Å²) in [6.45, 7) is 0.265. The average Bonchev–Trinajstić information content (AvgIpc) is 3.17. The molecular formula is C23H21N5O4. The average molecular weight is 431 g/mol. The van der Waals surface area contributed by atoms with E-state index in [1.165, 1.54) is 4.57 Å². The molecule has 2 aromatic heterocycles. The van der Waals surface area contributed by atoms with Crippen LogP contribution in [0, 0.1) is 11.3 Å². The Bertz CT molecular complexity index is 1410. The normalized spacial score (nSPS) is 10.9. The van der Waals surface area contributed by atoms with Crippen molar-refractivity contribution >= 4 is 11.2 Å². The third kappa shape index (κ3) is 3.91. The summed E-state index contributed by atoms with van der Waals surface area (Å²) < 4.78 is 10.0. The van der Waals surface area contributed by atoms with Gasteiger partial charge < -0.3 is 9.84 Å². The van der Waals surface area contributed by atoms with E-state index in [0.29, 0.717) is 17.9 Å². The number of nitrogens with zero attached hydrogens (tertiary/aromatic N) is 5. The first kappa shape index (κ1) is 21.1. The van der Waals surface area contributed by atoms with Crippen LogP contribution in [0.3, 0.4) is 0 Å². The molecule has 32 heavy (non-hydrogen) atoms. The van der Waals surface area contributed by atoms with Crippen LogP contribution in [-0.2, 0) is 20.1 Å². The lowest BCUT2D eigenvalue weighted by atomic mass is 10.2. The van der Waals surface area contributed by atoms with Crippen LogP contribution in [0.5, 0.6) is 11.8 Å². The van der Waals surface area contributed by atoms with Crippen molar-refractivity contribution in [3.63, 3.8) is 0 Å². The van der Waals surface area contributed by atoms with Crippen molar-refractivity contribution in [1.82, 2.24) is 18.7 Å². The number of aliphatic hydroxyl groups is 1. The number of nitriles is 1. The zero-order valence-corrected chi connectivity index (χ0v) is 17.4. The molecule has 1 N–H and O–H groups in total. The molecule has 0 spiro atoms. The summed E-state index contributed by atoms with van der Waals surface area (Å²) in [6, 6.07) is 18.3. The van der Waals surface area contributed by atoms with Crippen molar-refractivity contribution < 1.29 is 9.84 Å². The Morgan fingerprint density at radius 3 is 2.44 bits per heavy atom. The molecule has 4 rings (SSSR count). The molecule has 9 heteroatoms. The summed E-state index contributed by atoms with van der Waals surface area (Å²) in [7, 11) is 1.55. The summed E-state index contributed by atoms with van der Waals surface area (Å²) in [5, 5.41) is 18.2. The van der Waals surface area contributed by atoms with E-state index in [9.17, 15) is 9.59 Å². The predicted octanol–water partition coefficient (Wildman–Crippen LogP) is 1.99. The molecule has 0 unspecified atom stereocenters. The van der Waals surface area contributed by atoms with E-state index < -0.39 is 11.2 Å². The highest BCUT2D eigenvalue weighted by Crippen LogP contribution is 2.25. The van der Waals surface area contributed by atoms with Gasteiger partial charge in [-0.25, -0.2) is 4.79 Å². The molecule has 0 aliphatic rings. The molecule has 0 aliphatic carbocycles. The van der Waals surface area contributed by atoms with Crippen LogP contribution < -0.4 is 16.0 Å². The summed E-state index contributed by atoms with van der Waals surface area (Å²) in [5.41, 5.74) is 0.855. The maximum absolute atomic E-state index is 13.3. The fourth-order valence-corrected chi connectivity index (χ4v) is 3.47. The molecule has 0 aliphatic heterocycles. The van der Waals surface area contributed by atoms with Gasteiger partial charge in [-0.1, -0.05) is 30.3 Å². The Morgan fingerprint density at radius 1 is 1.06 bits per heavy atom. The van der Waals surface area contributed by atoms with Crippen LogP contribution in [0.25, 0.3) is 11.2 Å². The number of rotatable bonds is 7. The van der Waals surface area contributed by atoms with Gasteiger partial charge in [-0.3, -0.25) is 18.5 Å². The van der Waals surface area contributed by atoms with E-state index in [1.807, 2.05) is 30.3 Å². The molecular weight excluding hydrogens is 410 g/mol. The van der Waals surface area contributed by atoms with Crippen molar-refractivity contribution in [2.45, 2.75) is 19.5 Å². The summed E-state index contributed by atoms with van der Waals surface area (Å²) >= 11 is 0. The Kier molecular flexibility index (Phi) is 5.87.